The monoisotopic (exact) mass is 383 g/mol. The summed E-state index contributed by atoms with van der Waals surface area (Å²) in [5.41, 5.74) is 1.82. The molecule has 0 radical (unpaired) electrons. The lowest BCUT2D eigenvalue weighted by molar-refractivity contribution is -0.118. The van der Waals surface area contributed by atoms with Crippen molar-refractivity contribution < 1.29 is 4.79 Å². The van der Waals surface area contributed by atoms with E-state index in [9.17, 15) is 14.4 Å². The first kappa shape index (κ1) is 16.2. The Labute approximate surface area is 136 Å². The van der Waals surface area contributed by atoms with Crippen molar-refractivity contribution in [1.29, 1.82) is 0 Å². The van der Waals surface area contributed by atoms with E-state index >= 15 is 0 Å². The normalized spacial score (nSPS) is 10.8. The van der Waals surface area contributed by atoms with Crippen molar-refractivity contribution in [1.82, 2.24) is 20.6 Å². The summed E-state index contributed by atoms with van der Waals surface area (Å²) in [4.78, 5) is 35.8. The number of aromatic amines is 2. The van der Waals surface area contributed by atoms with E-state index < -0.39 is 17.2 Å². The van der Waals surface area contributed by atoms with E-state index in [4.69, 9.17) is 0 Å². The molecule has 0 unspecified atom stereocenters. The molecule has 0 bridgehead atoms. The molecule has 1 aromatic heterocycles. The summed E-state index contributed by atoms with van der Waals surface area (Å²) in [5.74, 6) is -0.457. The molecule has 1 amide bonds. The molecule has 2 rings (SSSR count). The third kappa shape index (κ3) is 4.97. The molecule has 8 nitrogen and oxygen atoms in total. The van der Waals surface area contributed by atoms with Gasteiger partial charge in [0.25, 0.3) is 5.56 Å². The second kappa shape index (κ2) is 7.71. The fourth-order valence-corrected chi connectivity index (χ4v) is 2.41. The van der Waals surface area contributed by atoms with Gasteiger partial charge < -0.3 is 0 Å². The van der Waals surface area contributed by atoms with Gasteiger partial charge in [-0.2, -0.15) is 10.2 Å². The highest BCUT2D eigenvalue weighted by Gasteiger charge is 2.06. The van der Waals surface area contributed by atoms with Gasteiger partial charge in [0.15, 0.2) is 5.03 Å². The quantitative estimate of drug-likeness (QED) is 0.393. The lowest BCUT2D eigenvalue weighted by Gasteiger charge is -1.99. The Morgan fingerprint density at radius 3 is 3.00 bits per heavy atom. The van der Waals surface area contributed by atoms with Gasteiger partial charge in [0.1, 0.15) is 0 Å². The largest absolute Gasteiger partial charge is 0.342 e. The van der Waals surface area contributed by atoms with Gasteiger partial charge in [0.05, 0.1) is 12.0 Å². The SMILES string of the molecule is O=C(CSc1n[nH]c(=O)[nH]c1=O)N/N=C/c1cccc(Br)c1. The molecule has 10 heteroatoms. The zero-order chi connectivity index (χ0) is 15.9. The minimum atomic E-state index is -0.697. The van der Waals surface area contributed by atoms with Gasteiger partial charge in [-0.3, -0.25) is 14.6 Å². The highest BCUT2D eigenvalue weighted by Crippen LogP contribution is 2.10. The van der Waals surface area contributed by atoms with Crippen molar-refractivity contribution in [3.05, 3.63) is 55.1 Å². The van der Waals surface area contributed by atoms with Gasteiger partial charge in [-0.15, -0.1) is 0 Å². The highest BCUT2D eigenvalue weighted by atomic mass is 79.9. The molecule has 0 aliphatic rings. The van der Waals surface area contributed by atoms with E-state index in [-0.39, 0.29) is 10.8 Å². The van der Waals surface area contributed by atoms with Gasteiger partial charge in [-0.25, -0.2) is 15.3 Å². The Balaban J connectivity index is 1.85. The van der Waals surface area contributed by atoms with Crippen LogP contribution in [0.2, 0.25) is 0 Å². The first-order chi connectivity index (χ1) is 10.5. The van der Waals surface area contributed by atoms with Crippen LogP contribution in [-0.2, 0) is 4.79 Å². The van der Waals surface area contributed by atoms with E-state index in [1.54, 1.807) is 0 Å². The molecule has 1 aromatic carbocycles. The average Bonchev–Trinajstić information content (AvgIpc) is 2.46. The van der Waals surface area contributed by atoms with Crippen LogP contribution < -0.4 is 16.7 Å². The molecule has 0 fully saturated rings. The highest BCUT2D eigenvalue weighted by molar-refractivity contribution is 9.10. The molecular formula is C12H10BrN5O3S. The van der Waals surface area contributed by atoms with Crippen molar-refractivity contribution in [2.24, 2.45) is 5.10 Å². The number of nitrogens with one attached hydrogen (secondary N) is 3. The molecule has 0 saturated heterocycles. The van der Waals surface area contributed by atoms with Crippen molar-refractivity contribution in [2.45, 2.75) is 5.03 Å². The molecule has 0 spiro atoms. The Bertz CT molecular complexity index is 817. The maximum Gasteiger partial charge on any atom is 0.342 e. The third-order valence-electron chi connectivity index (χ3n) is 2.27. The maximum atomic E-state index is 11.6. The van der Waals surface area contributed by atoms with Crippen molar-refractivity contribution in [3.8, 4) is 0 Å². The second-order valence-electron chi connectivity index (χ2n) is 3.95. The van der Waals surface area contributed by atoms with Gasteiger partial charge in [-0.05, 0) is 17.7 Å². The lowest BCUT2D eigenvalue weighted by atomic mass is 10.2. The number of carbonyl (C=O) groups is 1. The summed E-state index contributed by atoms with van der Waals surface area (Å²) in [6.07, 6.45) is 1.50. The van der Waals surface area contributed by atoms with Crippen LogP contribution in [-0.4, -0.2) is 33.1 Å². The fourth-order valence-electron chi connectivity index (χ4n) is 1.37. The standard InChI is InChI=1S/C12H10BrN5O3S/c13-8-3-1-2-7(4-8)5-14-16-9(19)6-22-11-10(20)15-12(21)18-17-11/h1-5H,6H2,(H,16,19)(H2,15,18,20,21)/b14-5+. The van der Waals surface area contributed by atoms with Crippen LogP contribution in [0.15, 0.2) is 48.5 Å². The summed E-state index contributed by atoms with van der Waals surface area (Å²) in [7, 11) is 0. The summed E-state index contributed by atoms with van der Waals surface area (Å²) in [6, 6.07) is 7.39. The molecule has 0 atom stereocenters. The molecule has 22 heavy (non-hydrogen) atoms. The van der Waals surface area contributed by atoms with E-state index in [0.29, 0.717) is 0 Å². The Hall–Kier alpha value is -2.20. The van der Waals surface area contributed by atoms with Crippen molar-refractivity contribution in [2.75, 3.05) is 5.75 Å². The molecule has 2 aromatic rings. The predicted octanol–water partition coefficient (Wildman–Crippen LogP) is 0.463. The number of H-pyrrole nitrogens is 2. The molecule has 0 aliphatic carbocycles. The first-order valence-electron chi connectivity index (χ1n) is 5.94. The Kier molecular flexibility index (Phi) is 5.67. The zero-order valence-corrected chi connectivity index (χ0v) is 13.4. The molecular weight excluding hydrogens is 374 g/mol. The smallest absolute Gasteiger partial charge is 0.272 e. The van der Waals surface area contributed by atoms with Crippen LogP contribution in [0, 0.1) is 0 Å². The number of aromatic nitrogens is 3. The molecule has 3 N–H and O–H groups in total. The van der Waals surface area contributed by atoms with E-state index in [2.05, 4.69) is 36.7 Å². The molecule has 0 aliphatic heterocycles. The molecule has 1 heterocycles. The number of amides is 1. The number of hydrazone groups is 1. The van der Waals surface area contributed by atoms with Crippen molar-refractivity contribution in [3.63, 3.8) is 0 Å². The van der Waals surface area contributed by atoms with Gasteiger partial charge in [-0.1, -0.05) is 39.8 Å². The summed E-state index contributed by atoms with van der Waals surface area (Å²) < 4.78 is 0.904. The average molecular weight is 384 g/mol. The number of carbonyl (C=O) groups excluding carboxylic acids is 1. The minimum Gasteiger partial charge on any atom is -0.272 e. The van der Waals surface area contributed by atoms with Crippen LogP contribution >= 0.6 is 27.7 Å². The number of rotatable bonds is 5. The number of halogens is 1. The maximum absolute atomic E-state index is 11.6. The van der Waals surface area contributed by atoms with Crippen molar-refractivity contribution >= 4 is 39.8 Å². The zero-order valence-electron chi connectivity index (χ0n) is 11.0. The number of hydrogen-bond acceptors (Lipinski definition) is 6. The van der Waals surface area contributed by atoms with Gasteiger partial charge >= 0.3 is 5.69 Å². The van der Waals surface area contributed by atoms with E-state index in [1.165, 1.54) is 6.21 Å². The lowest BCUT2D eigenvalue weighted by Crippen LogP contribution is -2.26. The van der Waals surface area contributed by atoms with Crippen LogP contribution in [0.4, 0.5) is 0 Å². The van der Waals surface area contributed by atoms with E-state index in [1.807, 2.05) is 29.2 Å². The number of benzene rings is 1. The third-order valence-corrected chi connectivity index (χ3v) is 3.72. The minimum absolute atomic E-state index is 0.00530. The number of nitrogens with zero attached hydrogens (tertiary/aromatic N) is 2. The van der Waals surface area contributed by atoms with Gasteiger partial charge in [0.2, 0.25) is 5.91 Å². The summed E-state index contributed by atoms with van der Waals surface area (Å²) in [5, 5.41) is 9.45. The first-order valence-corrected chi connectivity index (χ1v) is 7.72. The molecule has 114 valence electrons. The fraction of sp³-hybridized carbons (Fsp3) is 0.0833. The number of thioether (sulfide) groups is 1. The summed E-state index contributed by atoms with van der Waals surface area (Å²) >= 11 is 4.22. The van der Waals surface area contributed by atoms with Crippen LogP contribution in [0.25, 0.3) is 0 Å². The van der Waals surface area contributed by atoms with Crippen LogP contribution in [0.3, 0.4) is 0 Å². The van der Waals surface area contributed by atoms with Crippen LogP contribution in [0.5, 0.6) is 0 Å². The Morgan fingerprint density at radius 2 is 2.27 bits per heavy atom. The predicted molar refractivity (Wildman–Crippen MR) is 86.1 cm³/mol. The van der Waals surface area contributed by atoms with E-state index in [0.717, 1.165) is 21.8 Å². The topological polar surface area (TPSA) is 120 Å². The summed E-state index contributed by atoms with van der Waals surface area (Å²) in [6.45, 7) is 0. The van der Waals surface area contributed by atoms with Gasteiger partial charge in [0, 0.05) is 4.47 Å². The Morgan fingerprint density at radius 1 is 1.45 bits per heavy atom. The second-order valence-corrected chi connectivity index (χ2v) is 5.83. The van der Waals surface area contributed by atoms with Crippen LogP contribution in [0.1, 0.15) is 5.56 Å². The molecule has 0 saturated carbocycles. The number of hydrogen-bond donors (Lipinski definition) is 3.